The fraction of sp³-hybridized carbons (Fsp3) is 0.791. The molecule has 6 atom stereocenters. The summed E-state index contributed by atoms with van der Waals surface area (Å²) in [6.07, 6.45) is -0.632. The molecular weight excluding hydrogens is 867 g/mol. The van der Waals surface area contributed by atoms with Gasteiger partial charge in [-0.3, -0.25) is 4.79 Å². The van der Waals surface area contributed by atoms with Gasteiger partial charge in [0.05, 0.1) is 39.1 Å². The van der Waals surface area contributed by atoms with E-state index >= 15 is 0 Å². The predicted octanol–water partition coefficient (Wildman–Crippen LogP) is 8.01. The van der Waals surface area contributed by atoms with Crippen molar-refractivity contribution in [2.75, 3.05) is 33.0 Å². The Morgan fingerprint density at radius 2 is 1.22 bits per heavy atom. The van der Waals surface area contributed by atoms with Gasteiger partial charge in [-0.25, -0.2) is 4.79 Å². The molecule has 0 saturated carbocycles. The van der Waals surface area contributed by atoms with Crippen LogP contribution < -0.4 is 11.1 Å². The van der Waals surface area contributed by atoms with Crippen LogP contribution in [0.4, 0.5) is 4.79 Å². The van der Waals surface area contributed by atoms with Crippen molar-refractivity contribution >= 4 is 28.7 Å². The first-order valence-electron chi connectivity index (χ1n) is 20.3. The smallest absolute Gasteiger partial charge is 0.407 e. The quantitative estimate of drug-likeness (QED) is 0.0486. The van der Waals surface area contributed by atoms with Crippen LogP contribution in [-0.4, -0.2) is 107 Å². The first-order chi connectivity index (χ1) is 25.5. The molecule has 2 fully saturated rings. The molecule has 0 bridgehead atoms. The number of hydrogen-bond donors (Lipinski definition) is 4. The van der Waals surface area contributed by atoms with Gasteiger partial charge in [-0.05, 0) is 73.4 Å². The van der Waals surface area contributed by atoms with Gasteiger partial charge in [0.1, 0.15) is 30.0 Å². The number of rotatable bonds is 18. The maximum absolute atomic E-state index is 12.4. The van der Waals surface area contributed by atoms with Gasteiger partial charge in [0.2, 0.25) is 0 Å². The van der Waals surface area contributed by atoms with E-state index in [-0.39, 0.29) is 62.5 Å². The first-order valence-corrected chi connectivity index (χ1v) is 26.1. The van der Waals surface area contributed by atoms with E-state index in [0.29, 0.717) is 45.4 Å². The standard InChI is InChI=1S/C23H39NO5Si.C15H33NO3Si.C4H8O2.CH3.Pd/c1-17(2)13-19(24-21(26)27-14-18-11-9-8-10-12-18)20(25)23(15-28-23)16-29-30(6,7)22(3,4)5;1-11(2)8-12(16)13(17)15(9-18-15)10-19-20(6,7)14(3,4)5;1-3-6-4(2)5;;/h8-12,17,19-20,25H,13-16H2,1-7H3,(H,24,26);11-13,17H,8-10,16H2,1-7H3;3H2,1-2H3;1H3;/q;;;-1;/t19?,20-,23-;12?,13-,15-;;;/m00.../s1. The molecule has 2 saturated heterocycles. The molecule has 12 nitrogen and oxygen atoms in total. The maximum atomic E-state index is 12.4. The first kappa shape index (κ1) is 58.9. The van der Waals surface area contributed by atoms with Gasteiger partial charge < -0.3 is 56.5 Å². The Bertz CT molecular complexity index is 1310. The number of aliphatic hydroxyl groups is 2. The van der Waals surface area contributed by atoms with E-state index in [9.17, 15) is 19.8 Å². The van der Waals surface area contributed by atoms with Crippen LogP contribution in [0.5, 0.6) is 0 Å². The van der Waals surface area contributed by atoms with Crippen molar-refractivity contribution in [2.24, 2.45) is 17.6 Å². The molecule has 344 valence electrons. The molecule has 3 rings (SSSR count). The summed E-state index contributed by atoms with van der Waals surface area (Å²) >= 11 is 0. The Morgan fingerprint density at radius 3 is 1.55 bits per heavy atom. The zero-order valence-electron chi connectivity index (χ0n) is 39.1. The molecule has 2 aliphatic rings. The van der Waals surface area contributed by atoms with Crippen LogP contribution in [0.25, 0.3) is 0 Å². The molecular formula is C43H83N2O10PdSi2-. The second-order valence-electron chi connectivity index (χ2n) is 19.4. The van der Waals surface area contributed by atoms with E-state index in [0.717, 1.165) is 12.0 Å². The van der Waals surface area contributed by atoms with Gasteiger partial charge in [0.15, 0.2) is 16.6 Å². The normalized spacial score (nSPS) is 21.0. The van der Waals surface area contributed by atoms with Gasteiger partial charge in [-0.15, -0.1) is 0 Å². The second kappa shape index (κ2) is 25.0. The Morgan fingerprint density at radius 1 is 0.810 bits per heavy atom. The van der Waals surface area contributed by atoms with Crippen LogP contribution in [0.1, 0.15) is 101 Å². The van der Waals surface area contributed by atoms with Crippen molar-refractivity contribution in [3.8, 4) is 0 Å². The summed E-state index contributed by atoms with van der Waals surface area (Å²) in [7, 11) is -3.79. The predicted molar refractivity (Wildman–Crippen MR) is 235 cm³/mol. The molecule has 2 unspecified atom stereocenters. The number of nitrogens with one attached hydrogen (secondary N) is 1. The number of ether oxygens (including phenoxy) is 4. The Balaban J connectivity index is 0. The van der Waals surface area contributed by atoms with E-state index in [4.69, 9.17) is 28.8 Å². The summed E-state index contributed by atoms with van der Waals surface area (Å²) in [5, 5.41) is 24.7. The second-order valence-corrected chi connectivity index (χ2v) is 29.0. The van der Waals surface area contributed by atoms with Crippen molar-refractivity contribution in [1.82, 2.24) is 5.32 Å². The number of carbonyl (C=O) groups is 2. The third-order valence-corrected chi connectivity index (χ3v) is 20.2. The molecule has 2 aliphatic heterocycles. The molecule has 58 heavy (non-hydrogen) atoms. The van der Waals surface area contributed by atoms with Gasteiger partial charge in [-0.2, -0.15) is 0 Å². The third-order valence-electron chi connectivity index (χ3n) is 11.2. The SMILES string of the molecule is CC(C)CC(N)[C@H](O)[C@@]1(CO[Si](C)(C)C(C)(C)C)CO1.CC(C)CC(NC(=O)OCc1ccccc1)[C@H](O)[C@@]1(CO[Si](C)(C)C(C)(C)C)CO1.CCOC(C)=O.[CH3-].[Pd]. The van der Waals surface area contributed by atoms with Crippen molar-refractivity contribution in [3.63, 3.8) is 0 Å². The van der Waals surface area contributed by atoms with Crippen molar-refractivity contribution in [3.05, 3.63) is 43.3 Å². The number of alkyl carbamates (subject to hydrolysis) is 1. The fourth-order valence-corrected chi connectivity index (χ4v) is 7.30. The number of aliphatic hydroxyl groups excluding tert-OH is 2. The Hall–Kier alpha value is -1.22. The zero-order chi connectivity index (χ0) is 43.3. The van der Waals surface area contributed by atoms with Crippen molar-refractivity contribution in [2.45, 2.75) is 174 Å². The Kier molecular flexibility index (Phi) is 25.4. The molecule has 2 heterocycles. The van der Waals surface area contributed by atoms with Gasteiger partial charge in [0.25, 0.3) is 0 Å². The topological polar surface area (TPSA) is 175 Å². The summed E-state index contributed by atoms with van der Waals surface area (Å²) < 4.78 is 33.5. The van der Waals surface area contributed by atoms with E-state index in [2.05, 4.69) is 105 Å². The molecule has 1 aromatic rings. The summed E-state index contributed by atoms with van der Waals surface area (Å²) in [6.45, 7) is 35.9. The molecule has 5 N–H and O–H groups in total. The Labute approximate surface area is 368 Å². The fourth-order valence-electron chi connectivity index (χ4n) is 5.23. The van der Waals surface area contributed by atoms with Crippen LogP contribution in [0, 0.1) is 19.3 Å². The summed E-state index contributed by atoms with van der Waals surface area (Å²) in [6, 6.07) is 8.80. The molecule has 1 amide bonds. The van der Waals surface area contributed by atoms with Gasteiger partial charge >= 0.3 is 12.1 Å². The molecule has 0 aromatic heterocycles. The van der Waals surface area contributed by atoms with Crippen LogP contribution >= 0.6 is 0 Å². The molecule has 15 heteroatoms. The number of nitrogens with two attached hydrogens (primary N) is 1. The number of benzene rings is 1. The molecule has 0 aliphatic carbocycles. The minimum Gasteiger partial charge on any atom is -0.466 e. The average Bonchev–Trinajstić information content (AvgIpc) is 4.01. The van der Waals surface area contributed by atoms with Gasteiger partial charge in [-0.1, -0.05) is 99.6 Å². The summed E-state index contributed by atoms with van der Waals surface area (Å²) in [5.74, 6) is 0.547. The summed E-state index contributed by atoms with van der Waals surface area (Å²) in [4.78, 5) is 22.2. The van der Waals surface area contributed by atoms with E-state index in [1.165, 1.54) is 6.92 Å². The molecule has 0 radical (unpaired) electrons. The van der Waals surface area contributed by atoms with E-state index < -0.39 is 52.2 Å². The maximum Gasteiger partial charge on any atom is 0.407 e. The zero-order valence-corrected chi connectivity index (χ0v) is 42.6. The van der Waals surface area contributed by atoms with Crippen LogP contribution in [0.2, 0.25) is 36.3 Å². The monoisotopic (exact) mass is 949 g/mol. The number of carbonyl (C=O) groups excluding carboxylic acids is 2. The number of hydrogen-bond acceptors (Lipinski definition) is 11. The average molecular weight is 951 g/mol. The third kappa shape index (κ3) is 20.1. The minimum absolute atomic E-state index is 0. The number of amides is 1. The largest absolute Gasteiger partial charge is 0.466 e. The molecule has 0 spiro atoms. The summed E-state index contributed by atoms with van der Waals surface area (Å²) in [5.41, 5.74) is 5.68. The van der Waals surface area contributed by atoms with Crippen molar-refractivity contribution < 1.29 is 68.0 Å². The van der Waals surface area contributed by atoms with Crippen LogP contribution in [-0.2, 0) is 59.6 Å². The minimum atomic E-state index is -1.97. The van der Waals surface area contributed by atoms with E-state index in [1.807, 2.05) is 30.3 Å². The van der Waals surface area contributed by atoms with E-state index in [1.54, 1.807) is 6.92 Å². The molecule has 1 aromatic carbocycles. The van der Waals surface area contributed by atoms with Gasteiger partial charge in [0, 0.05) is 33.4 Å². The number of esters is 1. The van der Waals surface area contributed by atoms with Crippen molar-refractivity contribution in [1.29, 1.82) is 0 Å². The number of epoxide rings is 2. The van der Waals surface area contributed by atoms with Crippen LogP contribution in [0.3, 0.4) is 0 Å². The van der Waals surface area contributed by atoms with Crippen LogP contribution in [0.15, 0.2) is 30.3 Å².